The van der Waals surface area contributed by atoms with E-state index in [0.717, 1.165) is 5.56 Å². The molecule has 0 bridgehead atoms. The van der Waals surface area contributed by atoms with Crippen molar-refractivity contribution in [3.8, 4) is 0 Å². The van der Waals surface area contributed by atoms with E-state index in [1.165, 1.54) is 47.1 Å². The molecule has 0 spiro atoms. The number of amidine groups is 1. The minimum atomic E-state index is -0.481. The first-order chi connectivity index (χ1) is 13.5. The van der Waals surface area contributed by atoms with Gasteiger partial charge < -0.3 is 0 Å². The number of hydrogen-bond acceptors (Lipinski definition) is 6. The van der Waals surface area contributed by atoms with E-state index in [1.54, 1.807) is 24.3 Å². The van der Waals surface area contributed by atoms with E-state index in [0.29, 0.717) is 17.2 Å². The fraction of sp³-hybridized carbons (Fsp3) is 0.211. The number of rotatable bonds is 6. The number of amides is 1. The molecule has 1 aliphatic rings. The minimum absolute atomic E-state index is 0.0361. The number of non-ortho nitro benzene ring substituents is 1. The van der Waals surface area contributed by atoms with Gasteiger partial charge in [-0.05, 0) is 24.1 Å². The van der Waals surface area contributed by atoms with Crippen molar-refractivity contribution in [3.05, 3.63) is 75.6 Å². The number of carbonyl (C=O) groups excluding carboxylic acids is 1. The fourth-order valence-electron chi connectivity index (χ4n) is 2.63. The normalized spacial score (nSPS) is 18.4. The van der Waals surface area contributed by atoms with E-state index in [4.69, 9.17) is 0 Å². The van der Waals surface area contributed by atoms with Gasteiger partial charge in [0.05, 0.1) is 22.9 Å². The van der Waals surface area contributed by atoms with Crippen LogP contribution in [-0.4, -0.2) is 32.4 Å². The molecule has 2 aromatic carbocycles. The highest BCUT2D eigenvalue weighted by Crippen LogP contribution is 2.30. The summed E-state index contributed by atoms with van der Waals surface area (Å²) < 4.78 is 13.1. The number of nitro benzene ring substituents is 1. The van der Waals surface area contributed by atoms with Gasteiger partial charge in [0.2, 0.25) is 5.91 Å². The molecule has 1 heterocycles. The first-order valence-electron chi connectivity index (χ1n) is 8.56. The summed E-state index contributed by atoms with van der Waals surface area (Å²) in [5.74, 6) is -0.408. The van der Waals surface area contributed by atoms with Crippen LogP contribution in [0.2, 0.25) is 0 Å². The van der Waals surface area contributed by atoms with E-state index in [-0.39, 0.29) is 29.2 Å². The lowest BCUT2D eigenvalue weighted by atomic mass is 10.2. The standard InChI is InChI=1S/C19H17FN4O3S/c1-2-17-18(25)23(12-13-6-8-15(20)9-7-13)19(28-17)22-21-11-14-4-3-5-16(10-14)24(26)27/h3-11,17H,2,12H2,1H3/b21-11+,22-19+. The maximum Gasteiger partial charge on any atom is 0.270 e. The van der Waals surface area contributed by atoms with Crippen molar-refractivity contribution in [2.75, 3.05) is 0 Å². The number of nitro groups is 1. The van der Waals surface area contributed by atoms with Gasteiger partial charge in [0, 0.05) is 17.7 Å². The topological polar surface area (TPSA) is 88.2 Å². The van der Waals surface area contributed by atoms with Crippen molar-refractivity contribution >= 4 is 34.7 Å². The third-order valence-corrected chi connectivity index (χ3v) is 5.41. The molecule has 0 saturated carbocycles. The van der Waals surface area contributed by atoms with E-state index in [9.17, 15) is 19.3 Å². The Morgan fingerprint density at radius 3 is 2.71 bits per heavy atom. The number of hydrogen-bond donors (Lipinski definition) is 0. The monoisotopic (exact) mass is 400 g/mol. The van der Waals surface area contributed by atoms with Crippen molar-refractivity contribution in [1.82, 2.24) is 4.90 Å². The zero-order valence-corrected chi connectivity index (χ0v) is 15.8. The summed E-state index contributed by atoms with van der Waals surface area (Å²) in [4.78, 5) is 24.5. The second-order valence-corrected chi connectivity index (χ2v) is 7.21. The molecule has 7 nitrogen and oxygen atoms in total. The van der Waals surface area contributed by atoms with Gasteiger partial charge in [0.15, 0.2) is 5.17 Å². The highest BCUT2D eigenvalue weighted by Gasteiger charge is 2.36. The summed E-state index contributed by atoms with van der Waals surface area (Å²) in [6.45, 7) is 2.19. The van der Waals surface area contributed by atoms with Crippen molar-refractivity contribution in [3.63, 3.8) is 0 Å². The van der Waals surface area contributed by atoms with Gasteiger partial charge >= 0.3 is 0 Å². The summed E-state index contributed by atoms with van der Waals surface area (Å²) >= 11 is 1.32. The summed E-state index contributed by atoms with van der Waals surface area (Å²) in [5.41, 5.74) is 1.28. The van der Waals surface area contributed by atoms with E-state index in [2.05, 4.69) is 10.2 Å². The molecule has 0 aromatic heterocycles. The van der Waals surface area contributed by atoms with Crippen LogP contribution >= 0.6 is 11.8 Å². The van der Waals surface area contributed by atoms with Crippen molar-refractivity contribution in [2.24, 2.45) is 10.2 Å². The molecule has 144 valence electrons. The van der Waals surface area contributed by atoms with E-state index < -0.39 is 4.92 Å². The quantitative estimate of drug-likeness (QED) is 0.417. The molecule has 9 heteroatoms. The highest BCUT2D eigenvalue weighted by atomic mass is 32.2. The van der Waals surface area contributed by atoms with Crippen molar-refractivity contribution in [2.45, 2.75) is 25.1 Å². The van der Waals surface area contributed by atoms with Crippen LogP contribution in [0.1, 0.15) is 24.5 Å². The Kier molecular flexibility index (Phi) is 6.15. The predicted molar refractivity (Wildman–Crippen MR) is 107 cm³/mol. The Balaban J connectivity index is 1.80. The number of carbonyl (C=O) groups is 1. The SMILES string of the molecule is CCC1S/C(=N/N=C/c2cccc([N+](=O)[O-])c2)N(Cc2ccc(F)cc2)C1=O. The molecule has 1 aliphatic heterocycles. The lowest BCUT2D eigenvalue weighted by molar-refractivity contribution is -0.384. The van der Waals surface area contributed by atoms with Crippen LogP contribution in [-0.2, 0) is 11.3 Å². The van der Waals surface area contributed by atoms with Gasteiger partial charge in [-0.1, -0.05) is 43.0 Å². The van der Waals surface area contributed by atoms with Crippen LogP contribution < -0.4 is 0 Å². The second kappa shape index (κ2) is 8.75. The Hall–Kier alpha value is -3.07. The molecule has 1 atom stereocenters. The summed E-state index contributed by atoms with van der Waals surface area (Å²) in [5, 5.41) is 19.2. The molecule has 1 unspecified atom stereocenters. The lowest BCUT2D eigenvalue weighted by Crippen LogP contribution is -2.31. The molecule has 2 aromatic rings. The molecule has 0 N–H and O–H groups in total. The number of halogens is 1. The zero-order chi connectivity index (χ0) is 20.1. The van der Waals surface area contributed by atoms with Crippen LogP contribution in [0.15, 0.2) is 58.7 Å². The first-order valence-corrected chi connectivity index (χ1v) is 9.44. The molecule has 1 fully saturated rings. The smallest absolute Gasteiger partial charge is 0.270 e. The molecular formula is C19H17FN4O3S. The van der Waals surface area contributed by atoms with Gasteiger partial charge in [-0.25, -0.2) is 4.39 Å². The van der Waals surface area contributed by atoms with Crippen LogP contribution in [0.3, 0.4) is 0 Å². The first kappa shape index (κ1) is 19.7. The summed E-state index contributed by atoms with van der Waals surface area (Å²) in [7, 11) is 0. The Morgan fingerprint density at radius 1 is 1.29 bits per heavy atom. The Bertz CT molecular complexity index is 946. The van der Waals surface area contributed by atoms with E-state index >= 15 is 0 Å². The zero-order valence-electron chi connectivity index (χ0n) is 15.0. The molecule has 0 radical (unpaired) electrons. The number of thioether (sulfide) groups is 1. The fourth-order valence-corrected chi connectivity index (χ4v) is 3.65. The summed E-state index contributed by atoms with van der Waals surface area (Å²) in [6.07, 6.45) is 2.05. The maximum absolute atomic E-state index is 13.1. The van der Waals surface area contributed by atoms with Crippen molar-refractivity contribution in [1.29, 1.82) is 0 Å². The van der Waals surface area contributed by atoms with Crippen LogP contribution in [0.4, 0.5) is 10.1 Å². The van der Waals surface area contributed by atoms with Crippen LogP contribution in [0.5, 0.6) is 0 Å². The van der Waals surface area contributed by atoms with E-state index in [1.807, 2.05) is 6.92 Å². The maximum atomic E-state index is 13.1. The third kappa shape index (κ3) is 4.61. The molecule has 1 saturated heterocycles. The Morgan fingerprint density at radius 2 is 2.04 bits per heavy atom. The average Bonchev–Trinajstić information content (AvgIpc) is 2.99. The molecular weight excluding hydrogens is 383 g/mol. The minimum Gasteiger partial charge on any atom is -0.284 e. The van der Waals surface area contributed by atoms with Gasteiger partial charge in [0.1, 0.15) is 5.82 Å². The molecule has 0 aliphatic carbocycles. The van der Waals surface area contributed by atoms with Gasteiger partial charge in [0.25, 0.3) is 5.69 Å². The predicted octanol–water partition coefficient (Wildman–Crippen LogP) is 3.98. The molecule has 28 heavy (non-hydrogen) atoms. The van der Waals surface area contributed by atoms with Gasteiger partial charge in [-0.3, -0.25) is 19.8 Å². The molecule has 1 amide bonds. The Labute approximate surface area is 165 Å². The van der Waals surface area contributed by atoms with Crippen LogP contribution in [0.25, 0.3) is 0 Å². The average molecular weight is 400 g/mol. The highest BCUT2D eigenvalue weighted by molar-refractivity contribution is 8.15. The van der Waals surface area contributed by atoms with Crippen LogP contribution in [0, 0.1) is 15.9 Å². The van der Waals surface area contributed by atoms with Gasteiger partial charge in [-0.2, -0.15) is 5.10 Å². The summed E-state index contributed by atoms with van der Waals surface area (Å²) in [6, 6.07) is 12.0. The largest absolute Gasteiger partial charge is 0.284 e. The van der Waals surface area contributed by atoms with Gasteiger partial charge in [-0.15, -0.1) is 5.10 Å². The molecule has 3 rings (SSSR count). The lowest BCUT2D eigenvalue weighted by Gasteiger charge is -2.15. The number of nitrogens with zero attached hydrogens (tertiary/aromatic N) is 4. The van der Waals surface area contributed by atoms with Crippen molar-refractivity contribution < 1.29 is 14.1 Å². The number of benzene rings is 2. The third-order valence-electron chi connectivity index (χ3n) is 4.08. The second-order valence-electron chi connectivity index (χ2n) is 6.04.